The predicted octanol–water partition coefficient (Wildman–Crippen LogP) is 3.46. The van der Waals surface area contributed by atoms with Gasteiger partial charge >= 0.3 is 0 Å². The van der Waals surface area contributed by atoms with Crippen LogP contribution >= 0.6 is 23.1 Å². The number of thiazole rings is 1. The Hall–Kier alpha value is -1.99. The maximum atomic E-state index is 12.9. The molecule has 1 saturated heterocycles. The van der Waals surface area contributed by atoms with Gasteiger partial charge in [-0.1, -0.05) is 11.3 Å². The molecule has 1 aromatic heterocycles. The number of anilines is 1. The fourth-order valence-electron chi connectivity index (χ4n) is 3.66. The van der Waals surface area contributed by atoms with E-state index >= 15 is 0 Å². The maximum Gasteiger partial charge on any atom is 0.243 e. The molecule has 8 nitrogen and oxygen atoms in total. The first-order chi connectivity index (χ1) is 15.6. The maximum absolute atomic E-state index is 12.9. The number of nitrogens with zero attached hydrogens (tertiary/aromatic N) is 2. The lowest BCUT2D eigenvalue weighted by Crippen LogP contribution is -2.41. The molecule has 2 heterocycles. The zero-order valence-corrected chi connectivity index (χ0v) is 21.3. The monoisotopic (exact) mass is 525 g/mol. The minimum atomic E-state index is -3.76. The molecule has 4 rings (SSSR count). The highest BCUT2D eigenvalue weighted by Crippen LogP contribution is 2.31. The van der Waals surface area contributed by atoms with Gasteiger partial charge in [-0.25, -0.2) is 21.8 Å². The molecule has 12 heteroatoms. The lowest BCUT2D eigenvalue weighted by atomic mass is 9.97. The number of carbonyl (C=O) groups excluding carboxylic acids is 1. The second kappa shape index (κ2) is 9.34. The van der Waals surface area contributed by atoms with Gasteiger partial charge in [0, 0.05) is 30.2 Å². The molecule has 1 N–H and O–H groups in total. The molecule has 1 aliphatic heterocycles. The van der Waals surface area contributed by atoms with Crippen molar-refractivity contribution in [1.82, 2.24) is 9.29 Å². The summed E-state index contributed by atoms with van der Waals surface area (Å²) in [5.74, 6) is -0.466. The second-order valence-corrected chi connectivity index (χ2v) is 13.6. The molecule has 0 saturated carbocycles. The molecule has 1 aliphatic rings. The van der Waals surface area contributed by atoms with Crippen LogP contribution in [0.3, 0.4) is 0 Å². The number of sulfonamides is 1. The van der Waals surface area contributed by atoms with Crippen LogP contribution in [0.1, 0.15) is 12.8 Å². The third-order valence-electron chi connectivity index (χ3n) is 5.54. The summed E-state index contributed by atoms with van der Waals surface area (Å²) in [6, 6.07) is 11.2. The van der Waals surface area contributed by atoms with E-state index in [0.717, 1.165) is 21.4 Å². The fourth-order valence-corrected chi connectivity index (χ4v) is 7.18. The van der Waals surface area contributed by atoms with Crippen LogP contribution in [-0.2, 0) is 24.7 Å². The Labute approximate surface area is 201 Å². The van der Waals surface area contributed by atoms with E-state index in [1.165, 1.54) is 39.9 Å². The highest BCUT2D eigenvalue weighted by atomic mass is 32.2. The number of hydrogen-bond donors (Lipinski definition) is 1. The first-order valence-electron chi connectivity index (χ1n) is 10.1. The first-order valence-corrected chi connectivity index (χ1v) is 15.5. The van der Waals surface area contributed by atoms with Crippen molar-refractivity contribution in [1.29, 1.82) is 0 Å². The van der Waals surface area contributed by atoms with E-state index in [2.05, 4.69) is 10.3 Å². The summed E-state index contributed by atoms with van der Waals surface area (Å²) in [5, 5.41) is 3.42. The Kier molecular flexibility index (Phi) is 6.83. The van der Waals surface area contributed by atoms with Crippen LogP contribution in [0.2, 0.25) is 0 Å². The molecule has 1 amide bonds. The highest BCUT2D eigenvalue weighted by molar-refractivity contribution is 7.98. The average Bonchev–Trinajstić information content (AvgIpc) is 3.20. The Balaban J connectivity index is 1.39. The van der Waals surface area contributed by atoms with Crippen LogP contribution in [0.15, 0.2) is 57.2 Å². The number of aromatic nitrogens is 1. The molecule has 1 fully saturated rings. The Bertz CT molecular complexity index is 1390. The number of carbonyl (C=O) groups is 1. The average molecular weight is 526 g/mol. The number of piperidine rings is 1. The number of nitrogens with one attached hydrogen (secondary N) is 1. The summed E-state index contributed by atoms with van der Waals surface area (Å²) in [6.07, 6.45) is 3.87. The van der Waals surface area contributed by atoms with Crippen LogP contribution in [0.5, 0.6) is 0 Å². The molecule has 2 aromatic carbocycles. The number of amides is 1. The van der Waals surface area contributed by atoms with Gasteiger partial charge in [0.15, 0.2) is 15.0 Å². The minimum Gasteiger partial charge on any atom is -0.302 e. The molecular formula is C21H23N3O5S4. The largest absolute Gasteiger partial charge is 0.302 e. The fraction of sp³-hybridized carbons (Fsp3) is 0.333. The van der Waals surface area contributed by atoms with Gasteiger partial charge in [0.1, 0.15) is 0 Å². The van der Waals surface area contributed by atoms with Gasteiger partial charge in [0.25, 0.3) is 0 Å². The van der Waals surface area contributed by atoms with E-state index in [0.29, 0.717) is 18.0 Å². The Morgan fingerprint density at radius 3 is 2.30 bits per heavy atom. The number of rotatable bonds is 6. The molecule has 176 valence electrons. The topological polar surface area (TPSA) is 114 Å². The number of benzene rings is 2. The summed E-state index contributed by atoms with van der Waals surface area (Å²) in [6.45, 7) is 0.427. The Morgan fingerprint density at radius 2 is 1.70 bits per heavy atom. The summed E-state index contributed by atoms with van der Waals surface area (Å²) < 4.78 is 51.4. The van der Waals surface area contributed by atoms with Gasteiger partial charge < -0.3 is 5.32 Å². The molecule has 0 atom stereocenters. The SMILES string of the molecule is CSc1ccc2nc(NC(=O)C3CCN(S(=O)(=O)c4ccc(S(C)(=O)=O)cc4)CC3)sc2c1. The van der Waals surface area contributed by atoms with Crippen molar-refractivity contribution in [3.8, 4) is 0 Å². The zero-order valence-electron chi connectivity index (χ0n) is 18.0. The highest BCUT2D eigenvalue weighted by Gasteiger charge is 2.32. The van der Waals surface area contributed by atoms with E-state index in [1.807, 2.05) is 24.5 Å². The number of hydrogen-bond acceptors (Lipinski definition) is 8. The predicted molar refractivity (Wildman–Crippen MR) is 131 cm³/mol. The lowest BCUT2D eigenvalue weighted by molar-refractivity contribution is -0.120. The van der Waals surface area contributed by atoms with Crippen molar-refractivity contribution in [2.45, 2.75) is 27.5 Å². The van der Waals surface area contributed by atoms with E-state index in [9.17, 15) is 21.6 Å². The smallest absolute Gasteiger partial charge is 0.243 e. The summed E-state index contributed by atoms with van der Waals surface area (Å²) in [7, 11) is -7.16. The molecule has 0 spiro atoms. The third-order valence-corrected chi connectivity index (χ3v) is 10.2. The van der Waals surface area contributed by atoms with E-state index in [1.54, 1.807) is 11.8 Å². The quantitative estimate of drug-likeness (QED) is 0.490. The molecule has 0 aliphatic carbocycles. The van der Waals surface area contributed by atoms with Crippen molar-refractivity contribution in [3.05, 3.63) is 42.5 Å². The van der Waals surface area contributed by atoms with Gasteiger partial charge in [-0.05, 0) is 61.6 Å². The van der Waals surface area contributed by atoms with Crippen LogP contribution in [0.4, 0.5) is 5.13 Å². The molecule has 0 bridgehead atoms. The molecule has 33 heavy (non-hydrogen) atoms. The van der Waals surface area contributed by atoms with Gasteiger partial charge in [0.05, 0.1) is 20.0 Å². The van der Waals surface area contributed by atoms with Crippen molar-refractivity contribution >= 4 is 64.2 Å². The molecule has 0 unspecified atom stereocenters. The molecular weight excluding hydrogens is 503 g/mol. The van der Waals surface area contributed by atoms with Gasteiger partial charge in [0.2, 0.25) is 15.9 Å². The molecule has 0 radical (unpaired) electrons. The van der Waals surface area contributed by atoms with Crippen LogP contribution < -0.4 is 5.32 Å². The summed E-state index contributed by atoms with van der Waals surface area (Å²) >= 11 is 3.06. The minimum absolute atomic E-state index is 0.0388. The first kappa shape index (κ1) is 24.1. The summed E-state index contributed by atoms with van der Waals surface area (Å²) in [4.78, 5) is 18.5. The van der Waals surface area contributed by atoms with Crippen LogP contribution in [0.25, 0.3) is 10.2 Å². The van der Waals surface area contributed by atoms with E-state index < -0.39 is 19.9 Å². The number of fused-ring (bicyclic) bond motifs is 1. The second-order valence-electron chi connectivity index (χ2n) is 7.76. The van der Waals surface area contributed by atoms with Crippen LogP contribution in [0, 0.1) is 5.92 Å². The van der Waals surface area contributed by atoms with Crippen LogP contribution in [-0.4, -0.2) is 57.6 Å². The van der Waals surface area contributed by atoms with Crippen molar-refractivity contribution in [3.63, 3.8) is 0 Å². The van der Waals surface area contributed by atoms with Crippen molar-refractivity contribution < 1.29 is 21.6 Å². The third kappa shape index (κ3) is 5.24. The van der Waals surface area contributed by atoms with Gasteiger partial charge in [-0.2, -0.15) is 4.31 Å². The lowest BCUT2D eigenvalue weighted by Gasteiger charge is -2.30. The zero-order chi connectivity index (χ0) is 23.8. The number of sulfone groups is 1. The molecule has 3 aromatic rings. The van der Waals surface area contributed by atoms with E-state index in [-0.39, 0.29) is 34.7 Å². The van der Waals surface area contributed by atoms with Crippen molar-refractivity contribution in [2.75, 3.05) is 30.9 Å². The summed E-state index contributed by atoms with van der Waals surface area (Å²) in [5.41, 5.74) is 0.830. The van der Waals surface area contributed by atoms with Gasteiger partial charge in [-0.15, -0.1) is 11.8 Å². The Morgan fingerprint density at radius 1 is 1.06 bits per heavy atom. The van der Waals surface area contributed by atoms with E-state index in [4.69, 9.17) is 0 Å². The van der Waals surface area contributed by atoms with Crippen molar-refractivity contribution in [2.24, 2.45) is 5.92 Å². The standard InChI is InChI=1S/C21H23N3O5S4/c1-30-15-3-8-18-19(13-15)31-21(22-18)23-20(25)14-9-11-24(12-10-14)33(28,29)17-6-4-16(5-7-17)32(2,26)27/h3-8,13-14H,9-12H2,1-2H3,(H,22,23,25). The van der Waals surface area contributed by atoms with Gasteiger partial charge in [-0.3, -0.25) is 4.79 Å². The normalized spacial score (nSPS) is 16.2. The number of thioether (sulfide) groups is 1.